The van der Waals surface area contributed by atoms with E-state index in [0.29, 0.717) is 13.1 Å². The lowest BCUT2D eigenvalue weighted by Crippen LogP contribution is -2.51. The zero-order valence-corrected chi connectivity index (χ0v) is 11.6. The van der Waals surface area contributed by atoms with Crippen LogP contribution in [0.5, 0.6) is 0 Å². The third-order valence-corrected chi connectivity index (χ3v) is 4.54. The summed E-state index contributed by atoms with van der Waals surface area (Å²) in [4.78, 5) is 26.2. The second kappa shape index (κ2) is 6.37. The highest BCUT2D eigenvalue weighted by Gasteiger charge is 2.40. The second-order valence-corrected chi connectivity index (χ2v) is 5.60. The van der Waals surface area contributed by atoms with Gasteiger partial charge in [0.15, 0.2) is 0 Å². The van der Waals surface area contributed by atoms with E-state index in [4.69, 9.17) is 10.5 Å². The highest BCUT2D eigenvalue weighted by atomic mass is 16.5. The summed E-state index contributed by atoms with van der Waals surface area (Å²) in [6.07, 6.45) is 5.68. The van der Waals surface area contributed by atoms with Gasteiger partial charge in [0, 0.05) is 12.5 Å². The molecule has 2 rings (SSSR count). The molecule has 1 heterocycles. The quantitative estimate of drug-likeness (QED) is 0.772. The molecule has 2 fully saturated rings. The second-order valence-electron chi connectivity index (χ2n) is 5.60. The molecular weight excluding hydrogens is 244 g/mol. The number of methoxy groups -OCH3 is 1. The maximum Gasteiger partial charge on any atom is 0.328 e. The van der Waals surface area contributed by atoms with Crippen LogP contribution in [-0.4, -0.2) is 43.0 Å². The van der Waals surface area contributed by atoms with E-state index >= 15 is 0 Å². The van der Waals surface area contributed by atoms with E-state index < -0.39 is 0 Å². The van der Waals surface area contributed by atoms with Crippen LogP contribution < -0.4 is 5.73 Å². The Morgan fingerprint density at radius 2 is 2.00 bits per heavy atom. The molecule has 1 amide bonds. The van der Waals surface area contributed by atoms with E-state index in [0.717, 1.165) is 38.5 Å². The highest BCUT2D eigenvalue weighted by molar-refractivity contribution is 5.86. The monoisotopic (exact) mass is 268 g/mol. The Labute approximate surface area is 114 Å². The molecule has 0 aromatic heterocycles. The molecular formula is C14H24N2O3. The summed E-state index contributed by atoms with van der Waals surface area (Å²) in [7, 11) is 1.39. The van der Waals surface area contributed by atoms with Crippen LogP contribution in [0.3, 0.4) is 0 Å². The minimum absolute atomic E-state index is 0.00950. The van der Waals surface area contributed by atoms with Crippen molar-refractivity contribution in [3.63, 3.8) is 0 Å². The van der Waals surface area contributed by atoms with Gasteiger partial charge in [0.1, 0.15) is 6.04 Å². The van der Waals surface area contributed by atoms with Crippen molar-refractivity contribution in [2.75, 3.05) is 20.2 Å². The number of amides is 1. The Hall–Kier alpha value is -1.10. The largest absolute Gasteiger partial charge is 0.467 e. The normalized spacial score (nSPS) is 31.3. The number of likely N-dealkylation sites (tertiary alicyclic amines) is 1. The third kappa shape index (κ3) is 2.91. The molecule has 0 radical (unpaired) electrons. The molecule has 2 aliphatic rings. The standard InChI is InChI=1S/C14H24N2O3/c1-19-14(18)12-7-2-3-8-16(12)13(17)11-6-4-5-10(11)9-15/h10-12H,2-9,15H2,1H3. The van der Waals surface area contributed by atoms with Gasteiger partial charge in [-0.15, -0.1) is 0 Å². The molecule has 19 heavy (non-hydrogen) atoms. The number of carbonyl (C=O) groups excluding carboxylic acids is 2. The number of carbonyl (C=O) groups is 2. The molecule has 0 spiro atoms. The zero-order valence-electron chi connectivity index (χ0n) is 11.6. The Morgan fingerprint density at radius 3 is 2.68 bits per heavy atom. The molecule has 5 heteroatoms. The number of rotatable bonds is 3. The number of nitrogens with two attached hydrogens (primary N) is 1. The van der Waals surface area contributed by atoms with Gasteiger partial charge in [0.05, 0.1) is 7.11 Å². The van der Waals surface area contributed by atoms with Gasteiger partial charge in [0.25, 0.3) is 0 Å². The predicted octanol–water partition coefficient (Wildman–Crippen LogP) is 0.915. The molecule has 5 nitrogen and oxygen atoms in total. The van der Waals surface area contributed by atoms with Crippen LogP contribution in [0, 0.1) is 11.8 Å². The molecule has 0 aromatic carbocycles. The van der Waals surface area contributed by atoms with Crippen molar-refractivity contribution in [2.45, 2.75) is 44.6 Å². The van der Waals surface area contributed by atoms with Crippen LogP contribution in [0.2, 0.25) is 0 Å². The van der Waals surface area contributed by atoms with Crippen molar-refractivity contribution >= 4 is 11.9 Å². The van der Waals surface area contributed by atoms with E-state index in [9.17, 15) is 9.59 Å². The summed E-state index contributed by atoms with van der Waals surface area (Å²) in [6.45, 7) is 1.24. The first kappa shape index (κ1) is 14.3. The molecule has 1 aliphatic carbocycles. The maximum atomic E-state index is 12.7. The molecule has 0 bridgehead atoms. The molecule has 1 saturated carbocycles. The van der Waals surface area contributed by atoms with Crippen molar-refractivity contribution < 1.29 is 14.3 Å². The number of esters is 1. The topological polar surface area (TPSA) is 72.6 Å². The van der Waals surface area contributed by atoms with Crippen molar-refractivity contribution in [1.82, 2.24) is 4.90 Å². The van der Waals surface area contributed by atoms with Crippen LogP contribution in [0.15, 0.2) is 0 Å². The van der Waals surface area contributed by atoms with Gasteiger partial charge in [-0.1, -0.05) is 6.42 Å². The van der Waals surface area contributed by atoms with Gasteiger partial charge >= 0.3 is 5.97 Å². The van der Waals surface area contributed by atoms with E-state index in [1.165, 1.54) is 7.11 Å². The lowest BCUT2D eigenvalue weighted by molar-refractivity contribution is -0.156. The fraction of sp³-hybridized carbons (Fsp3) is 0.857. The lowest BCUT2D eigenvalue weighted by atomic mass is 9.92. The summed E-state index contributed by atoms with van der Waals surface area (Å²) in [5, 5.41) is 0. The Kier molecular flexibility index (Phi) is 4.80. The molecule has 1 aliphatic heterocycles. The fourth-order valence-electron chi connectivity index (χ4n) is 3.43. The number of nitrogens with zero attached hydrogens (tertiary/aromatic N) is 1. The minimum Gasteiger partial charge on any atom is -0.467 e. The van der Waals surface area contributed by atoms with E-state index in [-0.39, 0.29) is 29.8 Å². The van der Waals surface area contributed by atoms with Gasteiger partial charge in [-0.2, -0.15) is 0 Å². The van der Waals surface area contributed by atoms with Crippen molar-refractivity contribution in [3.05, 3.63) is 0 Å². The zero-order chi connectivity index (χ0) is 13.8. The number of ether oxygens (including phenoxy) is 1. The van der Waals surface area contributed by atoms with Gasteiger partial charge in [-0.3, -0.25) is 4.79 Å². The molecule has 0 aromatic rings. The highest BCUT2D eigenvalue weighted by Crippen LogP contribution is 2.34. The van der Waals surface area contributed by atoms with Gasteiger partial charge in [0.2, 0.25) is 5.91 Å². The average molecular weight is 268 g/mol. The smallest absolute Gasteiger partial charge is 0.328 e. The van der Waals surface area contributed by atoms with Crippen LogP contribution in [0.4, 0.5) is 0 Å². The summed E-state index contributed by atoms with van der Waals surface area (Å²) in [5.74, 6) is 0.126. The van der Waals surface area contributed by atoms with E-state index in [1.54, 1.807) is 4.90 Å². The van der Waals surface area contributed by atoms with Crippen molar-refractivity contribution in [2.24, 2.45) is 17.6 Å². The van der Waals surface area contributed by atoms with E-state index in [2.05, 4.69) is 0 Å². The first-order valence-electron chi connectivity index (χ1n) is 7.27. The summed E-state index contributed by atoms with van der Waals surface area (Å²) in [6, 6.07) is -0.384. The Morgan fingerprint density at radius 1 is 1.21 bits per heavy atom. The average Bonchev–Trinajstić information content (AvgIpc) is 2.94. The van der Waals surface area contributed by atoms with Crippen molar-refractivity contribution in [3.8, 4) is 0 Å². The molecule has 1 saturated heterocycles. The van der Waals surface area contributed by atoms with Crippen molar-refractivity contribution in [1.29, 1.82) is 0 Å². The first-order valence-corrected chi connectivity index (χ1v) is 7.27. The van der Waals surface area contributed by atoms with E-state index in [1.807, 2.05) is 0 Å². The Bertz CT molecular complexity index is 346. The van der Waals surface area contributed by atoms with Gasteiger partial charge < -0.3 is 15.4 Å². The lowest BCUT2D eigenvalue weighted by Gasteiger charge is -2.36. The molecule has 108 valence electrons. The SMILES string of the molecule is COC(=O)C1CCCCN1C(=O)C1CCCC1CN. The van der Waals surface area contributed by atoms with Crippen LogP contribution >= 0.6 is 0 Å². The van der Waals surface area contributed by atoms with Crippen LogP contribution in [0.25, 0.3) is 0 Å². The summed E-state index contributed by atoms with van der Waals surface area (Å²) in [5.41, 5.74) is 5.75. The first-order chi connectivity index (χ1) is 9.19. The Balaban J connectivity index is 2.09. The van der Waals surface area contributed by atoms with Crippen LogP contribution in [0.1, 0.15) is 38.5 Å². The summed E-state index contributed by atoms with van der Waals surface area (Å²) >= 11 is 0. The third-order valence-electron chi connectivity index (χ3n) is 4.54. The molecule has 2 N–H and O–H groups in total. The number of hydrogen-bond donors (Lipinski definition) is 1. The maximum absolute atomic E-state index is 12.7. The predicted molar refractivity (Wildman–Crippen MR) is 71.3 cm³/mol. The molecule has 3 unspecified atom stereocenters. The summed E-state index contributed by atoms with van der Waals surface area (Å²) < 4.78 is 4.83. The number of piperidine rings is 1. The van der Waals surface area contributed by atoms with Crippen LogP contribution in [-0.2, 0) is 14.3 Å². The van der Waals surface area contributed by atoms with Gasteiger partial charge in [-0.25, -0.2) is 4.79 Å². The fourth-order valence-corrected chi connectivity index (χ4v) is 3.43. The minimum atomic E-state index is -0.384. The number of hydrogen-bond acceptors (Lipinski definition) is 4. The van der Waals surface area contributed by atoms with Gasteiger partial charge in [-0.05, 0) is 44.6 Å². The molecule has 3 atom stereocenters.